The maximum absolute atomic E-state index is 13.8. The van der Waals surface area contributed by atoms with Crippen molar-refractivity contribution in [1.29, 1.82) is 0 Å². The Morgan fingerprint density at radius 2 is 2.10 bits per heavy atom. The number of nitrogens with one attached hydrogen (secondary N) is 1. The van der Waals surface area contributed by atoms with E-state index < -0.39 is 11.7 Å². The molecule has 0 radical (unpaired) electrons. The maximum Gasteiger partial charge on any atom is 0.248 e. The number of aromatic nitrogens is 1. The molecule has 1 aromatic carbocycles. The molecule has 0 bridgehead atoms. The standard InChI is InChI=1S/C14H12Br2FN3O/c1-7-11(17)2-8(14(18)21)3-12(7)20-6-13-10(16)4-9(15)5-19-13/h2-5,20H,6H2,1H3,(H2,18,21). The molecule has 0 spiro atoms. The fourth-order valence-electron chi connectivity index (χ4n) is 1.76. The van der Waals surface area contributed by atoms with E-state index in [0.29, 0.717) is 17.8 Å². The summed E-state index contributed by atoms with van der Waals surface area (Å²) in [4.78, 5) is 15.4. The van der Waals surface area contributed by atoms with E-state index in [1.807, 2.05) is 6.07 Å². The van der Waals surface area contributed by atoms with Gasteiger partial charge in [0.25, 0.3) is 0 Å². The van der Waals surface area contributed by atoms with Crippen LogP contribution in [0.4, 0.5) is 10.1 Å². The number of nitrogens with zero attached hydrogens (tertiary/aromatic N) is 1. The summed E-state index contributed by atoms with van der Waals surface area (Å²) in [5.74, 6) is -1.14. The minimum absolute atomic E-state index is 0.128. The van der Waals surface area contributed by atoms with Crippen molar-refractivity contribution < 1.29 is 9.18 Å². The predicted molar refractivity (Wildman–Crippen MR) is 86.6 cm³/mol. The highest BCUT2D eigenvalue weighted by molar-refractivity contribution is 9.11. The maximum atomic E-state index is 13.8. The Morgan fingerprint density at radius 1 is 1.38 bits per heavy atom. The molecule has 3 N–H and O–H groups in total. The second-order valence-corrected chi connectivity index (χ2v) is 6.20. The van der Waals surface area contributed by atoms with Gasteiger partial charge in [-0.15, -0.1) is 0 Å². The Labute approximate surface area is 138 Å². The molecular formula is C14H12Br2FN3O. The molecule has 4 nitrogen and oxygen atoms in total. The van der Waals surface area contributed by atoms with Gasteiger partial charge < -0.3 is 11.1 Å². The predicted octanol–water partition coefficient (Wildman–Crippen LogP) is 3.77. The Kier molecular flexibility index (Phi) is 4.95. The van der Waals surface area contributed by atoms with Crippen LogP contribution in [-0.4, -0.2) is 10.9 Å². The number of rotatable bonds is 4. The van der Waals surface area contributed by atoms with Crippen LogP contribution in [0.25, 0.3) is 0 Å². The number of pyridine rings is 1. The van der Waals surface area contributed by atoms with Crippen LogP contribution >= 0.6 is 31.9 Å². The Hall–Kier alpha value is -1.47. The number of primary amides is 1. The summed E-state index contributed by atoms with van der Waals surface area (Å²) in [6.07, 6.45) is 1.68. The van der Waals surface area contributed by atoms with Crippen molar-refractivity contribution >= 4 is 43.5 Å². The molecule has 0 aliphatic heterocycles. The molecule has 0 aliphatic carbocycles. The second kappa shape index (κ2) is 6.53. The minimum atomic E-state index is -0.667. The number of benzene rings is 1. The van der Waals surface area contributed by atoms with E-state index in [9.17, 15) is 9.18 Å². The Bertz CT molecular complexity index is 707. The molecule has 1 amide bonds. The highest BCUT2D eigenvalue weighted by atomic mass is 79.9. The zero-order chi connectivity index (χ0) is 15.6. The van der Waals surface area contributed by atoms with Crippen molar-refractivity contribution in [3.05, 3.63) is 56.0 Å². The number of hydrogen-bond donors (Lipinski definition) is 2. The second-order valence-electron chi connectivity index (χ2n) is 4.43. The summed E-state index contributed by atoms with van der Waals surface area (Å²) in [6.45, 7) is 2.02. The summed E-state index contributed by atoms with van der Waals surface area (Å²) >= 11 is 6.74. The van der Waals surface area contributed by atoms with Gasteiger partial charge in [0.1, 0.15) is 5.82 Å². The molecule has 110 valence electrons. The third kappa shape index (κ3) is 3.79. The van der Waals surface area contributed by atoms with Gasteiger partial charge in [-0.2, -0.15) is 0 Å². The Morgan fingerprint density at radius 3 is 2.71 bits per heavy atom. The van der Waals surface area contributed by atoms with E-state index in [0.717, 1.165) is 20.7 Å². The first-order valence-corrected chi connectivity index (χ1v) is 7.61. The number of amides is 1. The number of carbonyl (C=O) groups excluding carboxylic acids is 1. The van der Waals surface area contributed by atoms with Crippen LogP contribution in [0.5, 0.6) is 0 Å². The van der Waals surface area contributed by atoms with Gasteiger partial charge >= 0.3 is 0 Å². The number of halogens is 3. The van der Waals surface area contributed by atoms with Crippen LogP contribution in [0.1, 0.15) is 21.6 Å². The van der Waals surface area contributed by atoms with E-state index in [1.165, 1.54) is 6.07 Å². The van der Waals surface area contributed by atoms with Gasteiger partial charge in [0.2, 0.25) is 5.91 Å². The third-order valence-electron chi connectivity index (χ3n) is 2.96. The van der Waals surface area contributed by atoms with Crippen LogP contribution in [0, 0.1) is 12.7 Å². The van der Waals surface area contributed by atoms with Gasteiger partial charge in [-0.1, -0.05) is 0 Å². The largest absolute Gasteiger partial charge is 0.379 e. The van der Waals surface area contributed by atoms with E-state index in [-0.39, 0.29) is 5.56 Å². The van der Waals surface area contributed by atoms with Gasteiger partial charge in [0.15, 0.2) is 0 Å². The summed E-state index contributed by atoms with van der Waals surface area (Å²) in [5.41, 5.74) is 7.02. The van der Waals surface area contributed by atoms with Gasteiger partial charge in [0, 0.05) is 32.0 Å². The van der Waals surface area contributed by atoms with Crippen molar-refractivity contribution in [1.82, 2.24) is 4.98 Å². The molecular weight excluding hydrogens is 405 g/mol. The average molecular weight is 417 g/mol. The summed E-state index contributed by atoms with van der Waals surface area (Å²) in [6, 6.07) is 4.54. The highest BCUT2D eigenvalue weighted by Gasteiger charge is 2.11. The van der Waals surface area contributed by atoms with Gasteiger partial charge in [0.05, 0.1) is 12.2 Å². The zero-order valence-electron chi connectivity index (χ0n) is 11.1. The summed E-state index contributed by atoms with van der Waals surface area (Å²) in [5, 5.41) is 3.07. The van der Waals surface area contributed by atoms with Crippen molar-refractivity contribution in [3.63, 3.8) is 0 Å². The van der Waals surface area contributed by atoms with E-state index in [1.54, 1.807) is 13.1 Å². The van der Waals surface area contributed by atoms with Crippen LogP contribution in [0.3, 0.4) is 0 Å². The Balaban J connectivity index is 2.25. The highest BCUT2D eigenvalue weighted by Crippen LogP contribution is 2.24. The van der Waals surface area contributed by atoms with Crippen LogP contribution in [0.15, 0.2) is 33.3 Å². The smallest absolute Gasteiger partial charge is 0.248 e. The number of anilines is 1. The first-order valence-electron chi connectivity index (χ1n) is 6.02. The number of carbonyl (C=O) groups is 1. The van der Waals surface area contributed by atoms with E-state index in [2.05, 4.69) is 42.2 Å². The SMILES string of the molecule is Cc1c(F)cc(C(N)=O)cc1NCc1ncc(Br)cc1Br. The average Bonchev–Trinajstić information content (AvgIpc) is 2.41. The summed E-state index contributed by atoms with van der Waals surface area (Å²) < 4.78 is 15.5. The molecule has 2 aromatic rings. The first-order chi connectivity index (χ1) is 9.88. The molecule has 7 heteroatoms. The van der Waals surface area contributed by atoms with Crippen molar-refractivity contribution in [2.75, 3.05) is 5.32 Å². The van der Waals surface area contributed by atoms with Crippen molar-refractivity contribution in [2.24, 2.45) is 5.73 Å². The molecule has 0 saturated heterocycles. The number of nitrogens with two attached hydrogens (primary N) is 1. The molecule has 0 aliphatic rings. The lowest BCUT2D eigenvalue weighted by molar-refractivity contribution is 0.1000. The van der Waals surface area contributed by atoms with E-state index in [4.69, 9.17) is 5.73 Å². The van der Waals surface area contributed by atoms with Crippen LogP contribution in [-0.2, 0) is 6.54 Å². The first kappa shape index (κ1) is 15.9. The van der Waals surface area contributed by atoms with Gasteiger partial charge in [-0.05, 0) is 57.0 Å². The monoisotopic (exact) mass is 415 g/mol. The molecule has 1 heterocycles. The molecule has 21 heavy (non-hydrogen) atoms. The van der Waals surface area contributed by atoms with E-state index >= 15 is 0 Å². The minimum Gasteiger partial charge on any atom is -0.379 e. The van der Waals surface area contributed by atoms with Crippen molar-refractivity contribution in [2.45, 2.75) is 13.5 Å². The third-order valence-corrected chi connectivity index (χ3v) is 4.08. The molecule has 0 unspecified atom stereocenters. The van der Waals surface area contributed by atoms with Crippen LogP contribution in [0.2, 0.25) is 0 Å². The fraction of sp³-hybridized carbons (Fsp3) is 0.143. The topological polar surface area (TPSA) is 68.0 Å². The summed E-state index contributed by atoms with van der Waals surface area (Å²) in [7, 11) is 0. The normalized spacial score (nSPS) is 10.5. The van der Waals surface area contributed by atoms with Gasteiger partial charge in [-0.25, -0.2) is 4.39 Å². The molecule has 0 fully saturated rings. The van der Waals surface area contributed by atoms with Crippen LogP contribution < -0.4 is 11.1 Å². The molecule has 0 atom stereocenters. The lowest BCUT2D eigenvalue weighted by Crippen LogP contribution is -2.13. The zero-order valence-corrected chi connectivity index (χ0v) is 14.3. The molecule has 1 aromatic heterocycles. The lowest BCUT2D eigenvalue weighted by Gasteiger charge is -2.12. The fourth-order valence-corrected chi connectivity index (χ4v) is 2.88. The van der Waals surface area contributed by atoms with Gasteiger partial charge in [-0.3, -0.25) is 9.78 Å². The lowest BCUT2D eigenvalue weighted by atomic mass is 10.1. The molecule has 0 saturated carbocycles. The van der Waals surface area contributed by atoms with Crippen molar-refractivity contribution in [3.8, 4) is 0 Å². The number of hydrogen-bond acceptors (Lipinski definition) is 3. The molecule has 2 rings (SSSR count). The quantitative estimate of drug-likeness (QED) is 0.797.